The third-order valence-electron chi connectivity index (χ3n) is 3.00. The number of anilines is 1. The summed E-state index contributed by atoms with van der Waals surface area (Å²) in [7, 11) is 0. The van der Waals surface area contributed by atoms with Crippen LogP contribution in [-0.4, -0.2) is 11.5 Å². The molecule has 0 bridgehead atoms. The summed E-state index contributed by atoms with van der Waals surface area (Å²) in [5.74, 6) is 1.37. The second-order valence-corrected chi connectivity index (χ2v) is 4.65. The Labute approximate surface area is 98.8 Å². The Morgan fingerprint density at radius 3 is 2.88 bits per heavy atom. The van der Waals surface area contributed by atoms with E-state index in [1.165, 1.54) is 12.5 Å². The monoisotopic (exact) mass is 240 g/mol. The zero-order chi connectivity index (χ0) is 11.7. The number of nitro groups is 1. The molecule has 5 heteroatoms. The number of hydrogen-bond acceptors (Lipinski definition) is 3. The molecule has 0 heterocycles. The highest BCUT2D eigenvalue weighted by Crippen LogP contribution is 2.39. The average Bonchev–Trinajstić information content (AvgIpc) is 2.91. The van der Waals surface area contributed by atoms with Crippen LogP contribution in [0.4, 0.5) is 11.4 Å². The van der Waals surface area contributed by atoms with Gasteiger partial charge in [0.25, 0.3) is 0 Å². The van der Waals surface area contributed by atoms with Crippen LogP contribution in [0, 0.1) is 22.0 Å². The van der Waals surface area contributed by atoms with Crippen molar-refractivity contribution in [1.29, 1.82) is 0 Å². The summed E-state index contributed by atoms with van der Waals surface area (Å²) in [4.78, 5) is 10.4. The minimum absolute atomic E-state index is 0.0301. The normalized spacial score (nSPS) is 22.9. The molecule has 1 aromatic carbocycles. The van der Waals surface area contributed by atoms with Crippen LogP contribution in [0.25, 0.3) is 0 Å². The quantitative estimate of drug-likeness (QED) is 0.649. The molecule has 1 aliphatic carbocycles. The molecular formula is C11H13ClN2O2. The number of benzene rings is 1. The van der Waals surface area contributed by atoms with Crippen LogP contribution in [0.3, 0.4) is 0 Å². The molecule has 1 N–H and O–H groups in total. The number of hydrogen-bond donors (Lipinski definition) is 1. The molecule has 4 nitrogen and oxygen atoms in total. The van der Waals surface area contributed by atoms with E-state index in [4.69, 9.17) is 11.6 Å². The number of halogens is 1. The van der Waals surface area contributed by atoms with Gasteiger partial charge >= 0.3 is 5.69 Å². The van der Waals surface area contributed by atoms with Crippen molar-refractivity contribution >= 4 is 23.0 Å². The lowest BCUT2D eigenvalue weighted by Gasteiger charge is -2.07. The fourth-order valence-corrected chi connectivity index (χ4v) is 2.01. The first-order valence-corrected chi connectivity index (χ1v) is 5.64. The van der Waals surface area contributed by atoms with Gasteiger partial charge in [-0.2, -0.15) is 0 Å². The van der Waals surface area contributed by atoms with Gasteiger partial charge in [-0.25, -0.2) is 0 Å². The smallest absolute Gasteiger partial charge is 0.310 e. The topological polar surface area (TPSA) is 55.2 Å². The second-order valence-electron chi connectivity index (χ2n) is 4.25. The first-order chi connectivity index (χ1) is 7.59. The summed E-state index contributed by atoms with van der Waals surface area (Å²) in [5, 5.41) is 14.1. The van der Waals surface area contributed by atoms with Crippen molar-refractivity contribution < 1.29 is 4.92 Å². The highest BCUT2D eigenvalue weighted by molar-refractivity contribution is 6.33. The number of nitrogens with one attached hydrogen (secondary N) is 1. The Bertz CT molecular complexity index is 422. The van der Waals surface area contributed by atoms with Gasteiger partial charge in [0, 0.05) is 6.54 Å². The molecule has 2 rings (SSSR count). The van der Waals surface area contributed by atoms with E-state index >= 15 is 0 Å². The van der Waals surface area contributed by atoms with E-state index in [0.29, 0.717) is 11.6 Å². The Morgan fingerprint density at radius 1 is 1.62 bits per heavy atom. The summed E-state index contributed by atoms with van der Waals surface area (Å²) >= 11 is 5.80. The Kier molecular flexibility index (Phi) is 3.01. The zero-order valence-electron chi connectivity index (χ0n) is 8.94. The van der Waals surface area contributed by atoms with E-state index in [2.05, 4.69) is 12.2 Å². The largest absolute Gasteiger partial charge is 0.379 e. The van der Waals surface area contributed by atoms with E-state index in [0.717, 1.165) is 12.5 Å². The van der Waals surface area contributed by atoms with Gasteiger partial charge in [-0.05, 0) is 30.4 Å². The van der Waals surface area contributed by atoms with Crippen molar-refractivity contribution in [2.45, 2.75) is 13.3 Å². The van der Waals surface area contributed by atoms with Crippen LogP contribution >= 0.6 is 11.6 Å². The van der Waals surface area contributed by atoms with Crippen molar-refractivity contribution in [3.8, 4) is 0 Å². The minimum Gasteiger partial charge on any atom is -0.379 e. The molecular weight excluding hydrogens is 228 g/mol. The highest BCUT2D eigenvalue weighted by Gasteiger charge is 2.32. The summed E-state index contributed by atoms with van der Waals surface area (Å²) in [5.41, 5.74) is 0.481. The number of para-hydroxylation sites is 1. The van der Waals surface area contributed by atoms with E-state index in [-0.39, 0.29) is 10.7 Å². The standard InChI is InChI=1S/C11H13ClN2O2/c1-7-5-8(7)6-13-10-4-2-3-9(12)11(10)14(15)16/h2-4,7-8,13H,5-6H2,1H3. The van der Waals surface area contributed by atoms with E-state index in [1.54, 1.807) is 12.1 Å². The van der Waals surface area contributed by atoms with Gasteiger partial charge < -0.3 is 5.32 Å². The molecule has 0 amide bonds. The van der Waals surface area contributed by atoms with Gasteiger partial charge in [-0.3, -0.25) is 10.1 Å². The molecule has 16 heavy (non-hydrogen) atoms. The van der Waals surface area contributed by atoms with Crippen LogP contribution in [0.2, 0.25) is 5.02 Å². The molecule has 86 valence electrons. The Hall–Kier alpha value is -1.29. The minimum atomic E-state index is -0.443. The summed E-state index contributed by atoms with van der Waals surface area (Å²) < 4.78 is 0. The molecule has 0 saturated heterocycles. The second kappa shape index (κ2) is 4.29. The summed E-state index contributed by atoms with van der Waals surface area (Å²) in [6, 6.07) is 4.94. The van der Waals surface area contributed by atoms with Gasteiger partial charge in [-0.1, -0.05) is 24.6 Å². The van der Waals surface area contributed by atoms with Crippen LogP contribution in [0.15, 0.2) is 18.2 Å². The molecule has 1 fully saturated rings. The first-order valence-electron chi connectivity index (χ1n) is 5.26. The van der Waals surface area contributed by atoms with E-state index < -0.39 is 4.92 Å². The first kappa shape index (κ1) is 11.2. The van der Waals surface area contributed by atoms with Crippen molar-refractivity contribution in [3.05, 3.63) is 33.3 Å². The maximum absolute atomic E-state index is 10.8. The van der Waals surface area contributed by atoms with Crippen molar-refractivity contribution in [1.82, 2.24) is 0 Å². The molecule has 0 aliphatic heterocycles. The molecule has 0 aromatic heterocycles. The zero-order valence-corrected chi connectivity index (χ0v) is 9.70. The molecule has 1 saturated carbocycles. The SMILES string of the molecule is CC1CC1CNc1cccc(Cl)c1[N+](=O)[O-]. The predicted molar refractivity (Wildman–Crippen MR) is 63.9 cm³/mol. The van der Waals surface area contributed by atoms with E-state index in [9.17, 15) is 10.1 Å². The predicted octanol–water partition coefficient (Wildman–Crippen LogP) is 3.32. The molecule has 2 unspecified atom stereocenters. The lowest BCUT2D eigenvalue weighted by atomic mass is 10.2. The van der Waals surface area contributed by atoms with Gasteiger partial charge in [0.05, 0.1) is 4.92 Å². The maximum atomic E-state index is 10.8. The number of nitrogens with zero attached hydrogens (tertiary/aromatic N) is 1. The van der Waals surface area contributed by atoms with Crippen molar-refractivity contribution in [2.24, 2.45) is 11.8 Å². The van der Waals surface area contributed by atoms with Gasteiger partial charge in [0.15, 0.2) is 0 Å². The fraction of sp³-hybridized carbons (Fsp3) is 0.455. The molecule has 2 atom stereocenters. The third kappa shape index (κ3) is 2.27. The van der Waals surface area contributed by atoms with Crippen LogP contribution in [0.5, 0.6) is 0 Å². The molecule has 0 radical (unpaired) electrons. The van der Waals surface area contributed by atoms with Crippen LogP contribution < -0.4 is 5.32 Å². The maximum Gasteiger partial charge on any atom is 0.310 e. The molecule has 1 aromatic rings. The Balaban J connectivity index is 2.12. The van der Waals surface area contributed by atoms with Crippen molar-refractivity contribution in [2.75, 3.05) is 11.9 Å². The third-order valence-corrected chi connectivity index (χ3v) is 3.31. The number of nitro benzene ring substituents is 1. The lowest BCUT2D eigenvalue weighted by molar-refractivity contribution is -0.383. The summed E-state index contributed by atoms with van der Waals surface area (Å²) in [6.07, 6.45) is 1.20. The van der Waals surface area contributed by atoms with Crippen molar-refractivity contribution in [3.63, 3.8) is 0 Å². The highest BCUT2D eigenvalue weighted by atomic mass is 35.5. The van der Waals surface area contributed by atoms with Gasteiger partial charge in [-0.15, -0.1) is 0 Å². The fourth-order valence-electron chi connectivity index (χ4n) is 1.77. The van der Waals surface area contributed by atoms with Crippen LogP contribution in [0.1, 0.15) is 13.3 Å². The molecule has 0 spiro atoms. The average molecular weight is 241 g/mol. The Morgan fingerprint density at radius 2 is 2.31 bits per heavy atom. The van der Waals surface area contributed by atoms with Gasteiger partial charge in [0.1, 0.15) is 10.7 Å². The summed E-state index contributed by atoms with van der Waals surface area (Å²) in [6.45, 7) is 2.96. The molecule has 1 aliphatic rings. The van der Waals surface area contributed by atoms with Crippen LogP contribution in [-0.2, 0) is 0 Å². The lowest BCUT2D eigenvalue weighted by Crippen LogP contribution is -2.06. The number of rotatable bonds is 4. The van der Waals surface area contributed by atoms with E-state index in [1.807, 2.05) is 0 Å². The van der Waals surface area contributed by atoms with Gasteiger partial charge in [0.2, 0.25) is 0 Å².